The predicted octanol–water partition coefficient (Wildman–Crippen LogP) is 0.108. The standard InChI is InChI=1S/C12H18N4O3S/c1-8-3-5-14-12(10(8)11(13)15-17)16(2)9-4-6-20(18,19)7-9/h3,5,9,17H,4,6-7H2,1-2H3,(H2,13,15). The van der Waals surface area contributed by atoms with E-state index in [1.807, 2.05) is 6.92 Å². The number of aromatic nitrogens is 1. The average Bonchev–Trinajstić information content (AvgIpc) is 2.77. The van der Waals surface area contributed by atoms with E-state index in [1.165, 1.54) is 0 Å². The third kappa shape index (κ3) is 2.69. The summed E-state index contributed by atoms with van der Waals surface area (Å²) in [7, 11) is -1.20. The van der Waals surface area contributed by atoms with Crippen molar-refractivity contribution < 1.29 is 13.6 Å². The van der Waals surface area contributed by atoms with Crippen molar-refractivity contribution in [2.24, 2.45) is 10.9 Å². The van der Waals surface area contributed by atoms with Gasteiger partial charge in [0.05, 0.1) is 17.1 Å². The van der Waals surface area contributed by atoms with Crippen LogP contribution in [0.1, 0.15) is 17.5 Å². The van der Waals surface area contributed by atoms with Crippen LogP contribution in [-0.4, -0.2) is 49.0 Å². The fraction of sp³-hybridized carbons (Fsp3) is 0.500. The summed E-state index contributed by atoms with van der Waals surface area (Å²) in [6.45, 7) is 1.83. The molecule has 110 valence electrons. The molecule has 1 aliphatic rings. The van der Waals surface area contributed by atoms with E-state index in [0.717, 1.165) is 5.56 Å². The lowest BCUT2D eigenvalue weighted by Gasteiger charge is -2.27. The van der Waals surface area contributed by atoms with Gasteiger partial charge in [0, 0.05) is 19.3 Å². The molecule has 1 unspecified atom stereocenters. The second-order valence-electron chi connectivity index (χ2n) is 4.98. The molecule has 0 saturated carbocycles. The van der Waals surface area contributed by atoms with Crippen LogP contribution in [-0.2, 0) is 9.84 Å². The van der Waals surface area contributed by atoms with Gasteiger partial charge in [-0.25, -0.2) is 13.4 Å². The summed E-state index contributed by atoms with van der Waals surface area (Å²) in [4.78, 5) is 6.06. The molecule has 2 rings (SSSR count). The van der Waals surface area contributed by atoms with Gasteiger partial charge in [-0.15, -0.1) is 0 Å². The van der Waals surface area contributed by atoms with Crippen LogP contribution in [0.3, 0.4) is 0 Å². The Morgan fingerprint density at radius 3 is 2.85 bits per heavy atom. The second-order valence-corrected chi connectivity index (χ2v) is 7.21. The number of aryl methyl sites for hydroxylation is 1. The summed E-state index contributed by atoms with van der Waals surface area (Å²) in [5.41, 5.74) is 7.05. The zero-order chi connectivity index (χ0) is 14.9. The smallest absolute Gasteiger partial charge is 0.174 e. The lowest BCUT2D eigenvalue weighted by Crippen LogP contribution is -2.35. The van der Waals surface area contributed by atoms with Crippen LogP contribution in [0.2, 0.25) is 0 Å². The van der Waals surface area contributed by atoms with Gasteiger partial charge >= 0.3 is 0 Å². The van der Waals surface area contributed by atoms with Crippen molar-refractivity contribution >= 4 is 21.5 Å². The first-order valence-corrected chi connectivity index (χ1v) is 8.04. The topological polar surface area (TPSA) is 109 Å². The van der Waals surface area contributed by atoms with Crippen molar-refractivity contribution in [3.8, 4) is 0 Å². The highest BCUT2D eigenvalue weighted by Crippen LogP contribution is 2.25. The highest BCUT2D eigenvalue weighted by atomic mass is 32.2. The van der Waals surface area contributed by atoms with Gasteiger partial charge in [0.15, 0.2) is 15.7 Å². The monoisotopic (exact) mass is 298 g/mol. The number of oxime groups is 1. The van der Waals surface area contributed by atoms with Crippen molar-refractivity contribution in [3.63, 3.8) is 0 Å². The molecule has 0 amide bonds. The molecule has 8 heteroatoms. The van der Waals surface area contributed by atoms with Gasteiger partial charge in [-0.3, -0.25) is 0 Å². The van der Waals surface area contributed by atoms with Crippen molar-refractivity contribution in [3.05, 3.63) is 23.4 Å². The van der Waals surface area contributed by atoms with Crippen LogP contribution >= 0.6 is 0 Å². The largest absolute Gasteiger partial charge is 0.409 e. The summed E-state index contributed by atoms with van der Waals surface area (Å²) in [6, 6.07) is 1.62. The zero-order valence-corrected chi connectivity index (χ0v) is 12.3. The van der Waals surface area contributed by atoms with Crippen molar-refractivity contribution in [1.82, 2.24) is 4.98 Å². The van der Waals surface area contributed by atoms with Crippen LogP contribution in [0.25, 0.3) is 0 Å². The molecule has 1 saturated heterocycles. The van der Waals surface area contributed by atoms with Gasteiger partial charge in [0.2, 0.25) is 0 Å². The first-order chi connectivity index (χ1) is 9.35. The van der Waals surface area contributed by atoms with Crippen LogP contribution in [0.5, 0.6) is 0 Å². The van der Waals surface area contributed by atoms with Crippen molar-refractivity contribution in [2.75, 3.05) is 23.5 Å². The molecule has 0 radical (unpaired) electrons. The van der Waals surface area contributed by atoms with Crippen LogP contribution in [0.4, 0.5) is 5.82 Å². The molecule has 1 aromatic rings. The Balaban J connectivity index is 2.40. The minimum absolute atomic E-state index is 0.0293. The Bertz CT molecular complexity index is 642. The Kier molecular flexibility index (Phi) is 3.85. The van der Waals surface area contributed by atoms with Crippen LogP contribution in [0.15, 0.2) is 17.4 Å². The van der Waals surface area contributed by atoms with E-state index >= 15 is 0 Å². The lowest BCUT2D eigenvalue weighted by molar-refractivity contribution is 0.318. The molecule has 1 aliphatic heterocycles. The fourth-order valence-corrected chi connectivity index (χ4v) is 4.21. The number of amidine groups is 1. The Hall–Kier alpha value is -1.83. The molecule has 0 aromatic carbocycles. The predicted molar refractivity (Wildman–Crippen MR) is 76.9 cm³/mol. The molecule has 0 bridgehead atoms. The van der Waals surface area contributed by atoms with Gasteiger partial charge in [-0.1, -0.05) is 5.16 Å². The number of anilines is 1. The van der Waals surface area contributed by atoms with Crippen molar-refractivity contribution in [2.45, 2.75) is 19.4 Å². The van der Waals surface area contributed by atoms with E-state index in [4.69, 9.17) is 10.9 Å². The third-order valence-corrected chi connectivity index (χ3v) is 5.34. The van der Waals surface area contributed by atoms with Gasteiger partial charge < -0.3 is 15.8 Å². The van der Waals surface area contributed by atoms with E-state index in [0.29, 0.717) is 17.8 Å². The quantitative estimate of drug-likeness (QED) is 0.355. The number of sulfone groups is 1. The van der Waals surface area contributed by atoms with Gasteiger partial charge in [0.25, 0.3) is 0 Å². The third-order valence-electron chi connectivity index (χ3n) is 3.59. The molecule has 1 atom stereocenters. The summed E-state index contributed by atoms with van der Waals surface area (Å²) in [5.74, 6) is 0.794. The second kappa shape index (κ2) is 5.28. The first-order valence-electron chi connectivity index (χ1n) is 6.22. The maximum atomic E-state index is 11.6. The molecule has 3 N–H and O–H groups in total. The molecule has 1 aromatic heterocycles. The summed E-state index contributed by atoms with van der Waals surface area (Å²) in [5, 5.41) is 11.9. The first kappa shape index (κ1) is 14.6. The van der Waals surface area contributed by atoms with Gasteiger partial charge in [-0.2, -0.15) is 0 Å². The molecular formula is C12H18N4O3S. The molecule has 0 aliphatic carbocycles. The maximum absolute atomic E-state index is 11.6. The number of hydrogen-bond donors (Lipinski definition) is 2. The maximum Gasteiger partial charge on any atom is 0.174 e. The number of pyridine rings is 1. The fourth-order valence-electron chi connectivity index (χ4n) is 2.43. The van der Waals surface area contributed by atoms with Gasteiger partial charge in [0.1, 0.15) is 5.82 Å². The van der Waals surface area contributed by atoms with Crippen LogP contribution < -0.4 is 10.6 Å². The SMILES string of the molecule is Cc1ccnc(N(C)C2CCS(=O)(=O)C2)c1/C(N)=N/O. The van der Waals surface area contributed by atoms with E-state index < -0.39 is 9.84 Å². The van der Waals surface area contributed by atoms with Crippen molar-refractivity contribution in [1.29, 1.82) is 0 Å². The Morgan fingerprint density at radius 2 is 2.30 bits per heavy atom. The molecule has 0 spiro atoms. The minimum atomic E-state index is -2.98. The lowest BCUT2D eigenvalue weighted by atomic mass is 10.1. The number of nitrogens with two attached hydrogens (primary N) is 1. The number of hydrogen-bond acceptors (Lipinski definition) is 6. The summed E-state index contributed by atoms with van der Waals surface area (Å²) < 4.78 is 23.2. The molecule has 2 heterocycles. The highest BCUT2D eigenvalue weighted by Gasteiger charge is 2.32. The van der Waals surface area contributed by atoms with Gasteiger partial charge in [-0.05, 0) is 25.0 Å². The number of nitrogens with zero attached hydrogens (tertiary/aromatic N) is 3. The van der Waals surface area contributed by atoms with E-state index in [1.54, 1.807) is 24.2 Å². The Morgan fingerprint density at radius 1 is 1.60 bits per heavy atom. The summed E-state index contributed by atoms with van der Waals surface area (Å²) >= 11 is 0. The molecule has 7 nitrogen and oxygen atoms in total. The highest BCUT2D eigenvalue weighted by molar-refractivity contribution is 7.91. The Labute approximate surface area is 118 Å². The summed E-state index contributed by atoms with van der Waals surface area (Å²) in [6.07, 6.45) is 2.18. The minimum Gasteiger partial charge on any atom is -0.409 e. The van der Waals surface area contributed by atoms with E-state index in [2.05, 4.69) is 10.1 Å². The van der Waals surface area contributed by atoms with E-state index in [9.17, 15) is 8.42 Å². The average molecular weight is 298 g/mol. The van der Waals surface area contributed by atoms with E-state index in [-0.39, 0.29) is 23.4 Å². The molecular weight excluding hydrogens is 280 g/mol. The number of rotatable bonds is 3. The zero-order valence-electron chi connectivity index (χ0n) is 11.4. The molecule has 20 heavy (non-hydrogen) atoms. The molecule has 1 fully saturated rings. The van der Waals surface area contributed by atoms with Crippen LogP contribution in [0, 0.1) is 6.92 Å². The normalized spacial score (nSPS) is 21.9.